The summed E-state index contributed by atoms with van der Waals surface area (Å²) in [6.07, 6.45) is 0. The summed E-state index contributed by atoms with van der Waals surface area (Å²) in [7, 11) is 0. The Hall–Kier alpha value is -1.12. The molecule has 2 aromatic rings. The number of rotatable bonds is 1. The molecule has 1 aliphatic rings. The Balaban J connectivity index is 2.04. The standard InChI is InChI=1S/C14H15NS/c1-10-9-15-13(11-5-3-2-4-6-11)12-7-8-16-14(10)12/h2-8,10,13,15H,9H2,1H3. The van der Waals surface area contributed by atoms with Gasteiger partial charge < -0.3 is 5.32 Å². The molecule has 16 heavy (non-hydrogen) atoms. The third-order valence-corrected chi connectivity index (χ3v) is 4.41. The highest BCUT2D eigenvalue weighted by Crippen LogP contribution is 2.36. The van der Waals surface area contributed by atoms with Gasteiger partial charge in [-0.1, -0.05) is 37.3 Å². The summed E-state index contributed by atoms with van der Waals surface area (Å²) in [4.78, 5) is 1.55. The van der Waals surface area contributed by atoms with Crippen LogP contribution in [0.5, 0.6) is 0 Å². The SMILES string of the molecule is CC1CNC(c2ccccc2)c2ccsc21. The predicted octanol–water partition coefficient (Wildman–Crippen LogP) is 3.54. The van der Waals surface area contributed by atoms with E-state index < -0.39 is 0 Å². The second-order valence-electron chi connectivity index (χ2n) is 4.39. The van der Waals surface area contributed by atoms with Crippen molar-refractivity contribution >= 4 is 11.3 Å². The van der Waals surface area contributed by atoms with Gasteiger partial charge in [0.25, 0.3) is 0 Å². The van der Waals surface area contributed by atoms with Gasteiger partial charge in [0.15, 0.2) is 0 Å². The van der Waals surface area contributed by atoms with Crippen LogP contribution in [0.25, 0.3) is 0 Å². The lowest BCUT2D eigenvalue weighted by atomic mass is 9.91. The molecule has 82 valence electrons. The van der Waals surface area contributed by atoms with Gasteiger partial charge in [-0.3, -0.25) is 0 Å². The highest BCUT2D eigenvalue weighted by molar-refractivity contribution is 7.10. The Bertz CT molecular complexity index is 474. The number of fused-ring (bicyclic) bond motifs is 1. The van der Waals surface area contributed by atoms with Crippen LogP contribution >= 0.6 is 11.3 Å². The summed E-state index contributed by atoms with van der Waals surface area (Å²) >= 11 is 1.89. The van der Waals surface area contributed by atoms with Gasteiger partial charge in [-0.2, -0.15) is 0 Å². The molecule has 0 fully saturated rings. The molecule has 0 amide bonds. The van der Waals surface area contributed by atoms with Crippen molar-refractivity contribution in [3.8, 4) is 0 Å². The second kappa shape index (κ2) is 4.04. The number of benzene rings is 1. The van der Waals surface area contributed by atoms with E-state index in [9.17, 15) is 0 Å². The van der Waals surface area contributed by atoms with Crippen molar-refractivity contribution < 1.29 is 0 Å². The highest BCUT2D eigenvalue weighted by atomic mass is 32.1. The van der Waals surface area contributed by atoms with Crippen LogP contribution in [0.2, 0.25) is 0 Å². The van der Waals surface area contributed by atoms with Crippen molar-refractivity contribution in [1.82, 2.24) is 5.32 Å². The summed E-state index contributed by atoms with van der Waals surface area (Å²) in [6, 6.07) is 13.4. The first-order valence-corrected chi connectivity index (χ1v) is 6.60. The van der Waals surface area contributed by atoms with Gasteiger partial charge in [0, 0.05) is 17.3 Å². The lowest BCUT2D eigenvalue weighted by Gasteiger charge is -2.28. The van der Waals surface area contributed by atoms with E-state index in [2.05, 4.69) is 54.0 Å². The fourth-order valence-electron chi connectivity index (χ4n) is 2.41. The Labute approximate surface area is 100 Å². The zero-order chi connectivity index (χ0) is 11.0. The summed E-state index contributed by atoms with van der Waals surface area (Å²) in [6.45, 7) is 3.37. The minimum absolute atomic E-state index is 0.388. The van der Waals surface area contributed by atoms with Gasteiger partial charge in [0.1, 0.15) is 0 Å². The van der Waals surface area contributed by atoms with Crippen molar-refractivity contribution in [2.45, 2.75) is 18.9 Å². The average molecular weight is 229 g/mol. The second-order valence-corrected chi connectivity index (χ2v) is 5.34. The Morgan fingerprint density at radius 2 is 2.00 bits per heavy atom. The van der Waals surface area contributed by atoms with Gasteiger partial charge in [-0.15, -0.1) is 11.3 Å². The fourth-order valence-corrected chi connectivity index (χ4v) is 3.41. The molecule has 2 heteroatoms. The van der Waals surface area contributed by atoms with Crippen molar-refractivity contribution in [3.63, 3.8) is 0 Å². The molecule has 0 bridgehead atoms. The third kappa shape index (κ3) is 1.58. The molecular weight excluding hydrogens is 214 g/mol. The molecule has 2 heterocycles. The van der Waals surface area contributed by atoms with Gasteiger partial charge in [0.05, 0.1) is 6.04 Å². The van der Waals surface area contributed by atoms with Crippen LogP contribution in [-0.2, 0) is 0 Å². The molecule has 1 aliphatic heterocycles. The number of hydrogen-bond acceptors (Lipinski definition) is 2. The quantitative estimate of drug-likeness (QED) is 0.788. The zero-order valence-electron chi connectivity index (χ0n) is 9.31. The van der Waals surface area contributed by atoms with E-state index in [0.717, 1.165) is 6.54 Å². The van der Waals surface area contributed by atoms with Gasteiger partial charge in [0.2, 0.25) is 0 Å². The number of thiophene rings is 1. The van der Waals surface area contributed by atoms with Crippen LogP contribution in [0.15, 0.2) is 41.8 Å². The van der Waals surface area contributed by atoms with Crippen molar-refractivity contribution in [1.29, 1.82) is 0 Å². The van der Waals surface area contributed by atoms with E-state index in [-0.39, 0.29) is 0 Å². The lowest BCUT2D eigenvalue weighted by molar-refractivity contribution is 0.524. The van der Waals surface area contributed by atoms with Crippen molar-refractivity contribution in [2.24, 2.45) is 0 Å². The summed E-state index contributed by atoms with van der Waals surface area (Å²) in [5, 5.41) is 5.85. The molecule has 1 nitrogen and oxygen atoms in total. The molecule has 1 aromatic heterocycles. The zero-order valence-corrected chi connectivity index (χ0v) is 10.1. The average Bonchev–Trinajstić information content (AvgIpc) is 2.81. The summed E-state index contributed by atoms with van der Waals surface area (Å²) in [5.41, 5.74) is 2.84. The van der Waals surface area contributed by atoms with Gasteiger partial charge in [-0.05, 0) is 22.6 Å². The Kier molecular flexibility index (Phi) is 2.54. The molecule has 0 radical (unpaired) electrons. The Morgan fingerprint density at radius 3 is 2.81 bits per heavy atom. The van der Waals surface area contributed by atoms with Crippen LogP contribution in [-0.4, -0.2) is 6.54 Å². The molecular formula is C14H15NS. The molecule has 3 rings (SSSR count). The van der Waals surface area contributed by atoms with E-state index in [1.165, 1.54) is 11.1 Å². The van der Waals surface area contributed by atoms with Crippen molar-refractivity contribution in [2.75, 3.05) is 6.54 Å². The van der Waals surface area contributed by atoms with E-state index in [4.69, 9.17) is 0 Å². The molecule has 1 N–H and O–H groups in total. The number of hydrogen-bond donors (Lipinski definition) is 1. The molecule has 0 aliphatic carbocycles. The van der Waals surface area contributed by atoms with E-state index in [1.54, 1.807) is 4.88 Å². The number of nitrogens with one attached hydrogen (secondary N) is 1. The van der Waals surface area contributed by atoms with Crippen LogP contribution in [0.1, 0.15) is 34.9 Å². The normalized spacial score (nSPS) is 24.1. The monoisotopic (exact) mass is 229 g/mol. The first-order valence-electron chi connectivity index (χ1n) is 5.72. The van der Waals surface area contributed by atoms with Crippen LogP contribution in [0.3, 0.4) is 0 Å². The molecule has 0 saturated carbocycles. The van der Waals surface area contributed by atoms with Crippen LogP contribution in [0, 0.1) is 0 Å². The minimum Gasteiger partial charge on any atom is -0.306 e. The molecule has 0 saturated heterocycles. The molecule has 1 aromatic carbocycles. The Morgan fingerprint density at radius 1 is 1.19 bits per heavy atom. The fraction of sp³-hybridized carbons (Fsp3) is 0.286. The smallest absolute Gasteiger partial charge is 0.0588 e. The van der Waals surface area contributed by atoms with Crippen molar-refractivity contribution in [3.05, 3.63) is 57.8 Å². The topological polar surface area (TPSA) is 12.0 Å². The minimum atomic E-state index is 0.388. The highest BCUT2D eigenvalue weighted by Gasteiger charge is 2.25. The maximum absolute atomic E-state index is 3.63. The third-order valence-electron chi connectivity index (χ3n) is 3.25. The van der Waals surface area contributed by atoms with Crippen LogP contribution in [0.4, 0.5) is 0 Å². The summed E-state index contributed by atoms with van der Waals surface area (Å²) in [5.74, 6) is 0.648. The predicted molar refractivity (Wildman–Crippen MR) is 69.0 cm³/mol. The largest absolute Gasteiger partial charge is 0.306 e. The summed E-state index contributed by atoms with van der Waals surface area (Å²) < 4.78 is 0. The van der Waals surface area contributed by atoms with E-state index in [0.29, 0.717) is 12.0 Å². The first-order chi connectivity index (χ1) is 7.86. The van der Waals surface area contributed by atoms with Gasteiger partial charge >= 0.3 is 0 Å². The van der Waals surface area contributed by atoms with Crippen LogP contribution < -0.4 is 5.32 Å². The maximum Gasteiger partial charge on any atom is 0.0588 e. The van der Waals surface area contributed by atoms with E-state index in [1.807, 2.05) is 11.3 Å². The van der Waals surface area contributed by atoms with E-state index >= 15 is 0 Å². The van der Waals surface area contributed by atoms with Gasteiger partial charge in [-0.25, -0.2) is 0 Å². The lowest BCUT2D eigenvalue weighted by Crippen LogP contribution is -2.31. The maximum atomic E-state index is 3.63. The molecule has 0 spiro atoms. The molecule has 2 unspecified atom stereocenters. The molecule has 2 atom stereocenters. The first kappa shape index (κ1) is 10.1.